The molecule has 1 aliphatic heterocycles. The number of fused-ring (bicyclic) bond motifs is 1. The molecule has 0 saturated carbocycles. The van der Waals surface area contributed by atoms with Gasteiger partial charge in [0.2, 0.25) is 5.91 Å². The zero-order valence-electron chi connectivity index (χ0n) is 10.2. The lowest BCUT2D eigenvalue weighted by atomic mass is 10.1. The number of hydrogen-bond donors (Lipinski definition) is 2. The highest BCUT2D eigenvalue weighted by Crippen LogP contribution is 2.24. The summed E-state index contributed by atoms with van der Waals surface area (Å²) in [7, 11) is 0. The molecule has 1 aromatic carbocycles. The monoisotopic (exact) mass is 233 g/mol. The van der Waals surface area contributed by atoms with Crippen LogP contribution in [0, 0.1) is 0 Å². The van der Waals surface area contributed by atoms with Gasteiger partial charge in [-0.25, -0.2) is 0 Å². The van der Waals surface area contributed by atoms with E-state index in [1.54, 1.807) is 0 Å². The summed E-state index contributed by atoms with van der Waals surface area (Å²) in [6.07, 6.45) is 0.567. The van der Waals surface area contributed by atoms with Crippen molar-refractivity contribution in [1.82, 2.24) is 10.2 Å². The second-order valence-corrected chi connectivity index (χ2v) is 4.44. The summed E-state index contributed by atoms with van der Waals surface area (Å²) in [6, 6.07) is 6.05. The molecular weight excluding hydrogens is 214 g/mol. The van der Waals surface area contributed by atoms with Crippen LogP contribution in [0.1, 0.15) is 24.5 Å². The van der Waals surface area contributed by atoms with E-state index in [4.69, 9.17) is 5.73 Å². The van der Waals surface area contributed by atoms with Crippen molar-refractivity contribution < 1.29 is 4.79 Å². The fourth-order valence-electron chi connectivity index (χ4n) is 2.19. The van der Waals surface area contributed by atoms with E-state index in [-0.39, 0.29) is 5.91 Å². The maximum Gasteiger partial charge on any atom is 0.221 e. The summed E-state index contributed by atoms with van der Waals surface area (Å²) < 4.78 is 0. The van der Waals surface area contributed by atoms with Crippen LogP contribution in [-0.4, -0.2) is 23.9 Å². The van der Waals surface area contributed by atoms with E-state index in [1.807, 2.05) is 19.1 Å². The highest BCUT2D eigenvalue weighted by Gasteiger charge is 2.19. The molecule has 1 aliphatic rings. The van der Waals surface area contributed by atoms with Crippen LogP contribution in [0.2, 0.25) is 0 Å². The summed E-state index contributed by atoms with van der Waals surface area (Å²) in [5.74, 6) is 0.128. The summed E-state index contributed by atoms with van der Waals surface area (Å²) in [5.41, 5.74) is 9.19. The topological polar surface area (TPSA) is 58.4 Å². The van der Waals surface area contributed by atoms with Crippen LogP contribution in [0.4, 0.5) is 5.69 Å². The third-order valence-corrected chi connectivity index (χ3v) is 3.05. The first-order chi connectivity index (χ1) is 8.19. The zero-order chi connectivity index (χ0) is 12.3. The van der Waals surface area contributed by atoms with Crippen LogP contribution in [0.5, 0.6) is 0 Å². The molecule has 0 radical (unpaired) electrons. The minimum atomic E-state index is 0.128. The molecule has 17 heavy (non-hydrogen) atoms. The molecule has 2 rings (SSSR count). The number of nitrogens with zero attached hydrogens (tertiary/aromatic N) is 1. The van der Waals surface area contributed by atoms with Gasteiger partial charge in [-0.2, -0.15) is 0 Å². The van der Waals surface area contributed by atoms with E-state index in [0.29, 0.717) is 13.0 Å². The number of nitrogens with two attached hydrogens (primary N) is 1. The van der Waals surface area contributed by atoms with Crippen LogP contribution in [-0.2, 0) is 17.9 Å². The summed E-state index contributed by atoms with van der Waals surface area (Å²) in [4.78, 5) is 13.6. The van der Waals surface area contributed by atoms with Crippen molar-refractivity contribution in [3.8, 4) is 0 Å². The van der Waals surface area contributed by atoms with E-state index < -0.39 is 0 Å². The Bertz CT molecular complexity index is 417. The van der Waals surface area contributed by atoms with Gasteiger partial charge in [0, 0.05) is 38.3 Å². The predicted octanol–water partition coefficient (Wildman–Crippen LogP) is 1.11. The standard InChI is InChI=1S/C13H19N3O/c1-2-15-13(17)5-6-16-8-10-3-4-12(14)7-11(10)9-16/h3-4,7H,2,5-6,8-9,14H2,1H3,(H,15,17). The van der Waals surface area contributed by atoms with Gasteiger partial charge in [0.15, 0.2) is 0 Å². The Kier molecular flexibility index (Phi) is 3.64. The molecule has 1 aromatic rings. The molecule has 0 fully saturated rings. The first kappa shape index (κ1) is 11.9. The molecule has 1 heterocycles. The maximum absolute atomic E-state index is 11.4. The van der Waals surface area contributed by atoms with Crippen LogP contribution < -0.4 is 11.1 Å². The zero-order valence-corrected chi connectivity index (χ0v) is 10.2. The minimum absolute atomic E-state index is 0.128. The molecule has 4 heteroatoms. The average Bonchev–Trinajstić information content (AvgIpc) is 2.68. The van der Waals surface area contributed by atoms with Gasteiger partial charge in [-0.3, -0.25) is 9.69 Å². The van der Waals surface area contributed by atoms with Gasteiger partial charge in [0.25, 0.3) is 0 Å². The number of nitrogens with one attached hydrogen (secondary N) is 1. The lowest BCUT2D eigenvalue weighted by molar-refractivity contribution is -0.121. The molecule has 4 nitrogen and oxygen atoms in total. The van der Waals surface area contributed by atoms with Crippen molar-refractivity contribution >= 4 is 11.6 Å². The smallest absolute Gasteiger partial charge is 0.221 e. The molecule has 0 atom stereocenters. The van der Waals surface area contributed by atoms with Crippen molar-refractivity contribution in [1.29, 1.82) is 0 Å². The number of rotatable bonds is 4. The molecule has 0 unspecified atom stereocenters. The predicted molar refractivity (Wildman–Crippen MR) is 68.3 cm³/mol. The molecule has 0 saturated heterocycles. The number of amides is 1. The highest BCUT2D eigenvalue weighted by atomic mass is 16.1. The fraction of sp³-hybridized carbons (Fsp3) is 0.462. The Labute approximate surface area is 102 Å². The van der Waals surface area contributed by atoms with Gasteiger partial charge in [0.1, 0.15) is 0 Å². The molecule has 0 aliphatic carbocycles. The molecule has 0 aromatic heterocycles. The van der Waals surface area contributed by atoms with E-state index in [1.165, 1.54) is 11.1 Å². The number of carbonyl (C=O) groups excluding carboxylic acids is 1. The Morgan fingerprint density at radius 1 is 1.41 bits per heavy atom. The average molecular weight is 233 g/mol. The second kappa shape index (κ2) is 5.19. The van der Waals surface area contributed by atoms with Crippen LogP contribution in [0.25, 0.3) is 0 Å². The number of nitrogen functional groups attached to an aromatic ring is 1. The van der Waals surface area contributed by atoms with E-state index in [0.717, 1.165) is 25.3 Å². The molecule has 3 N–H and O–H groups in total. The fourth-order valence-corrected chi connectivity index (χ4v) is 2.19. The van der Waals surface area contributed by atoms with Gasteiger partial charge in [-0.15, -0.1) is 0 Å². The largest absolute Gasteiger partial charge is 0.399 e. The maximum atomic E-state index is 11.4. The van der Waals surface area contributed by atoms with Crippen LogP contribution in [0.3, 0.4) is 0 Å². The third kappa shape index (κ3) is 2.97. The Morgan fingerprint density at radius 2 is 2.18 bits per heavy atom. The highest BCUT2D eigenvalue weighted by molar-refractivity contribution is 5.75. The SMILES string of the molecule is CCNC(=O)CCN1Cc2ccc(N)cc2C1. The molecule has 92 valence electrons. The quantitative estimate of drug-likeness (QED) is 0.766. The van der Waals surface area contributed by atoms with Gasteiger partial charge in [-0.05, 0) is 30.2 Å². The molecule has 0 bridgehead atoms. The Morgan fingerprint density at radius 3 is 2.94 bits per heavy atom. The van der Waals surface area contributed by atoms with Crippen LogP contribution in [0.15, 0.2) is 18.2 Å². The Balaban J connectivity index is 1.86. The first-order valence-electron chi connectivity index (χ1n) is 6.05. The first-order valence-corrected chi connectivity index (χ1v) is 6.05. The normalized spacial score (nSPS) is 14.6. The van der Waals surface area contributed by atoms with E-state index >= 15 is 0 Å². The van der Waals surface area contributed by atoms with Gasteiger partial charge < -0.3 is 11.1 Å². The minimum Gasteiger partial charge on any atom is -0.399 e. The van der Waals surface area contributed by atoms with Crippen molar-refractivity contribution in [2.45, 2.75) is 26.4 Å². The number of benzene rings is 1. The summed E-state index contributed by atoms with van der Waals surface area (Å²) >= 11 is 0. The van der Waals surface area contributed by atoms with Gasteiger partial charge >= 0.3 is 0 Å². The Hall–Kier alpha value is -1.55. The second-order valence-electron chi connectivity index (χ2n) is 4.44. The number of anilines is 1. The number of carbonyl (C=O) groups is 1. The van der Waals surface area contributed by atoms with Gasteiger partial charge in [-0.1, -0.05) is 6.07 Å². The van der Waals surface area contributed by atoms with Crippen molar-refractivity contribution in [2.24, 2.45) is 0 Å². The summed E-state index contributed by atoms with van der Waals surface area (Å²) in [6.45, 7) is 5.27. The third-order valence-electron chi connectivity index (χ3n) is 3.05. The lowest BCUT2D eigenvalue weighted by Crippen LogP contribution is -2.28. The molecule has 1 amide bonds. The molecule has 0 spiro atoms. The van der Waals surface area contributed by atoms with Gasteiger partial charge in [0.05, 0.1) is 0 Å². The lowest BCUT2D eigenvalue weighted by Gasteiger charge is -2.13. The van der Waals surface area contributed by atoms with Crippen molar-refractivity contribution in [3.05, 3.63) is 29.3 Å². The summed E-state index contributed by atoms with van der Waals surface area (Å²) in [5, 5.41) is 2.81. The number of hydrogen-bond acceptors (Lipinski definition) is 3. The van der Waals surface area contributed by atoms with E-state index in [9.17, 15) is 4.79 Å². The molecular formula is C13H19N3O. The van der Waals surface area contributed by atoms with E-state index in [2.05, 4.69) is 16.3 Å². The van der Waals surface area contributed by atoms with Crippen molar-refractivity contribution in [3.63, 3.8) is 0 Å². The van der Waals surface area contributed by atoms with Crippen molar-refractivity contribution in [2.75, 3.05) is 18.8 Å². The van der Waals surface area contributed by atoms with Crippen LogP contribution >= 0.6 is 0 Å².